The smallest absolute Gasteiger partial charge is 0.275 e. The number of ether oxygens (including phenoxy) is 1. The molecule has 29 heavy (non-hydrogen) atoms. The van der Waals surface area contributed by atoms with Gasteiger partial charge < -0.3 is 15.8 Å². The predicted molar refractivity (Wildman–Crippen MR) is 101 cm³/mol. The summed E-state index contributed by atoms with van der Waals surface area (Å²) in [4.78, 5) is 23.8. The number of nitrogens with one attached hydrogen (secondary N) is 1. The Morgan fingerprint density at radius 2 is 2.14 bits per heavy atom. The Morgan fingerprint density at radius 1 is 1.38 bits per heavy atom. The second-order valence-corrected chi connectivity index (χ2v) is 7.00. The van der Waals surface area contributed by atoms with E-state index in [2.05, 4.69) is 25.0 Å². The topological polar surface area (TPSA) is 102 Å². The van der Waals surface area contributed by atoms with Crippen LogP contribution in [0, 0.1) is 5.82 Å². The molecule has 1 aromatic heterocycles. The molecule has 1 amide bonds. The molecule has 7 nitrogen and oxygen atoms in total. The number of benzene rings is 1. The fourth-order valence-corrected chi connectivity index (χ4v) is 2.98. The van der Waals surface area contributed by atoms with Gasteiger partial charge in [-0.05, 0) is 32.0 Å². The SMILES string of the molecule is [2H]C([2H])([2H])Oc1cnc(C(=O)Nc2ccc(F)c([C@@]3(C)N=C(N)[C@@](C)(F)C[C@@H]3F)c2)cn1. The number of aliphatic imine (C=N–C) groups is 1. The minimum absolute atomic E-state index is 0.0896. The summed E-state index contributed by atoms with van der Waals surface area (Å²) < 4.78 is 69.4. The molecular formula is C19H20F3N5O2. The molecule has 0 saturated carbocycles. The van der Waals surface area contributed by atoms with Gasteiger partial charge in [0.25, 0.3) is 5.91 Å². The molecule has 1 aliphatic heterocycles. The Morgan fingerprint density at radius 3 is 2.79 bits per heavy atom. The molecule has 3 rings (SSSR count). The summed E-state index contributed by atoms with van der Waals surface area (Å²) in [5.41, 5.74) is 1.38. The molecule has 154 valence electrons. The molecule has 0 bridgehead atoms. The van der Waals surface area contributed by atoms with E-state index < -0.39 is 48.4 Å². The number of nitrogens with zero attached hydrogens (tertiary/aromatic N) is 3. The Bertz CT molecular complexity index is 1060. The third kappa shape index (κ3) is 3.87. The zero-order valence-electron chi connectivity index (χ0n) is 18.5. The third-order valence-electron chi connectivity index (χ3n) is 4.79. The molecule has 2 heterocycles. The van der Waals surface area contributed by atoms with Crippen LogP contribution >= 0.6 is 0 Å². The Labute approximate surface area is 169 Å². The van der Waals surface area contributed by atoms with Crippen molar-refractivity contribution < 1.29 is 26.8 Å². The number of nitrogens with two attached hydrogens (primary N) is 1. The van der Waals surface area contributed by atoms with E-state index in [0.717, 1.165) is 25.4 Å². The molecule has 0 radical (unpaired) electrons. The van der Waals surface area contributed by atoms with E-state index in [0.29, 0.717) is 0 Å². The van der Waals surface area contributed by atoms with Crippen LogP contribution in [0.4, 0.5) is 18.9 Å². The van der Waals surface area contributed by atoms with Gasteiger partial charge >= 0.3 is 0 Å². The van der Waals surface area contributed by atoms with Gasteiger partial charge in [-0.15, -0.1) is 0 Å². The van der Waals surface area contributed by atoms with Gasteiger partial charge in [-0.25, -0.2) is 23.1 Å². The quantitative estimate of drug-likeness (QED) is 0.807. The van der Waals surface area contributed by atoms with Crippen LogP contribution in [0.2, 0.25) is 0 Å². The number of aromatic nitrogens is 2. The van der Waals surface area contributed by atoms with Gasteiger partial charge in [-0.2, -0.15) is 0 Å². The number of hydrogen-bond acceptors (Lipinski definition) is 6. The summed E-state index contributed by atoms with van der Waals surface area (Å²) in [6, 6.07) is 3.43. The summed E-state index contributed by atoms with van der Waals surface area (Å²) in [6.07, 6.45) is -0.523. The first-order chi connectivity index (χ1) is 14.7. The lowest BCUT2D eigenvalue weighted by Gasteiger charge is -2.38. The minimum Gasteiger partial charge on any atom is -0.480 e. The lowest BCUT2D eigenvalue weighted by Crippen LogP contribution is -2.51. The van der Waals surface area contributed by atoms with E-state index in [9.17, 15) is 18.0 Å². The van der Waals surface area contributed by atoms with Gasteiger partial charge in [-0.1, -0.05) is 0 Å². The summed E-state index contributed by atoms with van der Waals surface area (Å²) in [5.74, 6) is -2.31. The Kier molecular flexibility index (Phi) is 4.24. The van der Waals surface area contributed by atoms with Gasteiger partial charge in [0, 0.05) is 17.7 Å². The zero-order chi connectivity index (χ0) is 23.9. The molecule has 3 N–H and O–H groups in total. The first-order valence-corrected chi connectivity index (χ1v) is 8.52. The van der Waals surface area contributed by atoms with Crippen molar-refractivity contribution in [2.24, 2.45) is 10.7 Å². The van der Waals surface area contributed by atoms with E-state index in [1.54, 1.807) is 0 Å². The average molecular weight is 410 g/mol. The average Bonchev–Trinajstić information content (AvgIpc) is 2.67. The first kappa shape index (κ1) is 16.8. The Hall–Kier alpha value is -3.17. The lowest BCUT2D eigenvalue weighted by molar-refractivity contribution is 0.102. The predicted octanol–water partition coefficient (Wildman–Crippen LogP) is 2.92. The fourth-order valence-electron chi connectivity index (χ4n) is 2.98. The van der Waals surface area contributed by atoms with Gasteiger partial charge in [-0.3, -0.25) is 9.79 Å². The zero-order valence-corrected chi connectivity index (χ0v) is 15.5. The van der Waals surface area contributed by atoms with E-state index >= 15 is 0 Å². The highest BCUT2D eigenvalue weighted by Gasteiger charge is 2.49. The van der Waals surface area contributed by atoms with Crippen molar-refractivity contribution in [3.05, 3.63) is 47.7 Å². The normalized spacial score (nSPS) is 28.5. The molecule has 0 saturated heterocycles. The molecule has 0 unspecified atom stereocenters. The second kappa shape index (κ2) is 7.34. The number of hydrogen-bond donors (Lipinski definition) is 2. The first-order valence-electron chi connectivity index (χ1n) is 10.0. The lowest BCUT2D eigenvalue weighted by atomic mass is 9.79. The number of carbonyl (C=O) groups is 1. The molecule has 10 heteroatoms. The number of methoxy groups -OCH3 is 1. The molecule has 0 spiro atoms. The van der Waals surface area contributed by atoms with Crippen molar-refractivity contribution in [3.8, 4) is 5.88 Å². The van der Waals surface area contributed by atoms with Gasteiger partial charge in [0.05, 0.1) is 23.5 Å². The number of anilines is 1. The maximum absolute atomic E-state index is 14.9. The van der Waals surface area contributed by atoms with Crippen molar-refractivity contribution in [2.75, 3.05) is 12.4 Å². The summed E-state index contributed by atoms with van der Waals surface area (Å²) in [6.45, 7) is 2.39. The van der Waals surface area contributed by atoms with Crippen molar-refractivity contribution in [3.63, 3.8) is 0 Å². The largest absolute Gasteiger partial charge is 0.480 e. The number of carbonyl (C=O) groups excluding carboxylic acids is 1. The van der Waals surface area contributed by atoms with E-state index in [-0.39, 0.29) is 22.8 Å². The highest BCUT2D eigenvalue weighted by Crippen LogP contribution is 2.42. The molecular weight excluding hydrogens is 387 g/mol. The van der Waals surface area contributed by atoms with Crippen LogP contribution in [0.3, 0.4) is 0 Å². The monoisotopic (exact) mass is 410 g/mol. The molecule has 0 aliphatic carbocycles. The number of amides is 1. The molecule has 2 aromatic rings. The van der Waals surface area contributed by atoms with Crippen molar-refractivity contribution in [1.82, 2.24) is 9.97 Å². The van der Waals surface area contributed by atoms with Gasteiger partial charge in [0.1, 0.15) is 29.1 Å². The van der Waals surface area contributed by atoms with Crippen LogP contribution in [0.5, 0.6) is 5.88 Å². The van der Waals surface area contributed by atoms with Crippen LogP contribution in [0.1, 0.15) is 40.4 Å². The van der Waals surface area contributed by atoms with Crippen molar-refractivity contribution in [2.45, 2.75) is 37.6 Å². The van der Waals surface area contributed by atoms with Crippen molar-refractivity contribution >= 4 is 17.4 Å². The number of halogens is 3. The van der Waals surface area contributed by atoms with Crippen LogP contribution in [-0.2, 0) is 5.54 Å². The maximum atomic E-state index is 14.9. The molecule has 1 aromatic carbocycles. The van der Waals surface area contributed by atoms with E-state index in [4.69, 9.17) is 9.85 Å². The second-order valence-electron chi connectivity index (χ2n) is 7.00. The van der Waals surface area contributed by atoms with E-state index in [1.165, 1.54) is 19.1 Å². The van der Waals surface area contributed by atoms with Crippen LogP contribution in [0.25, 0.3) is 0 Å². The number of alkyl halides is 2. The Balaban J connectivity index is 1.85. The number of rotatable bonds is 4. The standard InChI is InChI=1S/C19H20F3N5O2/c1-18(22)7-14(21)19(2,27-17(18)23)11-6-10(4-5-12(11)20)26-16(28)13-8-25-15(29-3)9-24-13/h4-6,8-9,14H,7H2,1-3H3,(H2,23,27)(H,26,28)/t14-,18-,19+/m0/s1/i3D3. The number of amidine groups is 1. The van der Waals surface area contributed by atoms with Crippen LogP contribution < -0.4 is 15.8 Å². The minimum atomic E-state index is -2.72. The highest BCUT2D eigenvalue weighted by molar-refractivity contribution is 6.02. The molecule has 0 fully saturated rings. The summed E-state index contributed by atoms with van der Waals surface area (Å²) in [7, 11) is -2.72. The van der Waals surface area contributed by atoms with Gasteiger partial charge in [0.15, 0.2) is 5.67 Å². The maximum Gasteiger partial charge on any atom is 0.275 e. The third-order valence-corrected chi connectivity index (χ3v) is 4.79. The fraction of sp³-hybridized carbons (Fsp3) is 0.368. The van der Waals surface area contributed by atoms with Crippen LogP contribution in [-0.4, -0.2) is 40.6 Å². The van der Waals surface area contributed by atoms with Crippen LogP contribution in [0.15, 0.2) is 35.6 Å². The van der Waals surface area contributed by atoms with E-state index in [1.807, 2.05) is 0 Å². The summed E-state index contributed by atoms with van der Waals surface area (Å²) >= 11 is 0. The molecule has 1 aliphatic rings. The molecule has 3 atom stereocenters. The highest BCUT2D eigenvalue weighted by atomic mass is 19.2. The van der Waals surface area contributed by atoms with Gasteiger partial charge in [0.2, 0.25) is 5.88 Å². The summed E-state index contributed by atoms with van der Waals surface area (Å²) in [5, 5.41) is 2.46. The van der Waals surface area contributed by atoms with Crippen molar-refractivity contribution in [1.29, 1.82) is 0 Å².